The zero-order valence-corrected chi connectivity index (χ0v) is 17.1. The van der Waals surface area contributed by atoms with E-state index >= 15 is 0 Å². The highest BCUT2D eigenvalue weighted by Gasteiger charge is 2.36. The van der Waals surface area contributed by atoms with Crippen LogP contribution in [0.5, 0.6) is 0 Å². The third-order valence-electron chi connectivity index (χ3n) is 5.44. The summed E-state index contributed by atoms with van der Waals surface area (Å²) in [6.45, 7) is 3.92. The van der Waals surface area contributed by atoms with E-state index in [1.807, 2.05) is 25.6 Å². The monoisotopic (exact) mass is 402 g/mol. The van der Waals surface area contributed by atoms with Crippen molar-refractivity contribution in [3.63, 3.8) is 0 Å². The van der Waals surface area contributed by atoms with Crippen molar-refractivity contribution >= 4 is 29.1 Å². The van der Waals surface area contributed by atoms with Gasteiger partial charge in [-0.15, -0.1) is 0 Å². The number of aryl methyl sites for hydroxylation is 2. The van der Waals surface area contributed by atoms with Gasteiger partial charge in [0.2, 0.25) is 5.91 Å². The Morgan fingerprint density at radius 3 is 2.27 bits per heavy atom. The number of rotatable bonds is 5. The predicted molar refractivity (Wildman–Crippen MR) is 114 cm³/mol. The van der Waals surface area contributed by atoms with Crippen molar-refractivity contribution in [3.8, 4) is 0 Å². The number of carbonyl (C=O) groups is 3. The average molecular weight is 402 g/mol. The summed E-state index contributed by atoms with van der Waals surface area (Å²) in [4.78, 5) is 39.0. The fourth-order valence-electron chi connectivity index (χ4n) is 3.79. The lowest BCUT2D eigenvalue weighted by molar-refractivity contribution is -0.116. The maximum absolute atomic E-state index is 12.7. The molecule has 0 radical (unpaired) electrons. The van der Waals surface area contributed by atoms with E-state index in [0.29, 0.717) is 35.3 Å². The van der Waals surface area contributed by atoms with Crippen molar-refractivity contribution < 1.29 is 14.4 Å². The van der Waals surface area contributed by atoms with E-state index in [4.69, 9.17) is 0 Å². The van der Waals surface area contributed by atoms with Crippen molar-refractivity contribution in [3.05, 3.63) is 76.6 Å². The first kappa shape index (κ1) is 19.6. The number of nitrogens with one attached hydrogen (secondary N) is 1. The zero-order valence-electron chi connectivity index (χ0n) is 17.1. The van der Waals surface area contributed by atoms with Gasteiger partial charge in [0.1, 0.15) is 0 Å². The van der Waals surface area contributed by atoms with Crippen molar-refractivity contribution in [1.82, 2.24) is 9.78 Å². The van der Waals surface area contributed by atoms with E-state index in [2.05, 4.69) is 10.4 Å². The van der Waals surface area contributed by atoms with Crippen LogP contribution in [0.25, 0.3) is 0 Å². The maximum atomic E-state index is 12.7. The first-order chi connectivity index (χ1) is 14.4. The molecule has 1 aliphatic heterocycles. The molecule has 1 N–H and O–H groups in total. The highest BCUT2D eigenvalue weighted by molar-refractivity contribution is 6.34. The highest BCUT2D eigenvalue weighted by atomic mass is 16.2. The van der Waals surface area contributed by atoms with Gasteiger partial charge in [-0.2, -0.15) is 5.10 Å². The first-order valence-electron chi connectivity index (χ1n) is 9.73. The number of imide groups is 1. The Morgan fingerprint density at radius 2 is 1.67 bits per heavy atom. The lowest BCUT2D eigenvalue weighted by Crippen LogP contribution is -2.29. The molecule has 152 valence electrons. The molecule has 0 atom stereocenters. The number of amides is 3. The number of hydrogen-bond acceptors (Lipinski definition) is 4. The Bertz CT molecular complexity index is 1140. The van der Waals surface area contributed by atoms with Crippen LogP contribution in [-0.4, -0.2) is 27.5 Å². The van der Waals surface area contributed by atoms with Gasteiger partial charge in [-0.25, -0.2) is 4.90 Å². The SMILES string of the molecule is Cc1nn(C)c(C)c1CCC(=O)Nc1cccc(N2C(=O)c3ccccc3C2=O)c1. The lowest BCUT2D eigenvalue weighted by atomic mass is 10.1. The summed E-state index contributed by atoms with van der Waals surface area (Å²) < 4.78 is 1.81. The first-order valence-corrected chi connectivity index (χ1v) is 9.73. The number of anilines is 2. The molecule has 0 bridgehead atoms. The molecule has 0 unspecified atom stereocenters. The smallest absolute Gasteiger partial charge is 0.266 e. The molecule has 2 heterocycles. The Balaban J connectivity index is 1.47. The van der Waals surface area contributed by atoms with Crippen LogP contribution in [0.1, 0.15) is 44.1 Å². The predicted octanol–water partition coefficient (Wildman–Crippen LogP) is 3.41. The molecule has 7 nitrogen and oxygen atoms in total. The van der Waals surface area contributed by atoms with E-state index in [1.54, 1.807) is 48.5 Å². The molecule has 2 aromatic carbocycles. The van der Waals surface area contributed by atoms with Crippen LogP contribution in [-0.2, 0) is 18.3 Å². The number of aromatic nitrogens is 2. The van der Waals surface area contributed by atoms with Crippen LogP contribution in [0.4, 0.5) is 11.4 Å². The largest absolute Gasteiger partial charge is 0.326 e. The standard InChI is InChI=1S/C23H22N4O3/c1-14-18(15(2)26(3)25-14)11-12-21(28)24-16-7-6-8-17(13-16)27-22(29)19-9-4-5-10-20(19)23(27)30/h4-10,13H,11-12H2,1-3H3,(H,24,28). The van der Waals surface area contributed by atoms with Crippen molar-refractivity contribution in [1.29, 1.82) is 0 Å². The van der Waals surface area contributed by atoms with Gasteiger partial charge in [-0.1, -0.05) is 18.2 Å². The van der Waals surface area contributed by atoms with E-state index in [1.165, 1.54) is 0 Å². The quantitative estimate of drug-likeness (QED) is 0.663. The third kappa shape index (κ3) is 3.39. The molecular formula is C23H22N4O3. The third-order valence-corrected chi connectivity index (χ3v) is 5.44. The summed E-state index contributed by atoms with van der Waals surface area (Å²) in [5.74, 6) is -0.861. The molecule has 30 heavy (non-hydrogen) atoms. The molecule has 1 aliphatic rings. The van der Waals surface area contributed by atoms with Gasteiger partial charge in [0, 0.05) is 24.8 Å². The number of carbonyl (C=O) groups excluding carboxylic acids is 3. The molecule has 0 spiro atoms. The molecule has 0 fully saturated rings. The maximum Gasteiger partial charge on any atom is 0.266 e. The van der Waals surface area contributed by atoms with Gasteiger partial charge < -0.3 is 5.32 Å². The molecular weight excluding hydrogens is 380 g/mol. The van der Waals surface area contributed by atoms with Gasteiger partial charge >= 0.3 is 0 Å². The second kappa shape index (κ2) is 7.59. The number of fused-ring (bicyclic) bond motifs is 1. The van der Waals surface area contributed by atoms with E-state index in [0.717, 1.165) is 21.9 Å². The molecule has 0 aliphatic carbocycles. The van der Waals surface area contributed by atoms with E-state index in [-0.39, 0.29) is 17.7 Å². The molecule has 0 saturated carbocycles. The molecule has 1 aromatic heterocycles. The van der Waals surface area contributed by atoms with Crippen LogP contribution in [0.15, 0.2) is 48.5 Å². The van der Waals surface area contributed by atoms with E-state index < -0.39 is 0 Å². The molecule has 7 heteroatoms. The summed E-state index contributed by atoms with van der Waals surface area (Å²) in [7, 11) is 1.89. The second-order valence-corrected chi connectivity index (χ2v) is 7.36. The summed E-state index contributed by atoms with van der Waals surface area (Å²) in [5, 5.41) is 7.23. The van der Waals surface area contributed by atoms with Gasteiger partial charge in [0.25, 0.3) is 11.8 Å². The van der Waals surface area contributed by atoms with Crippen LogP contribution < -0.4 is 10.2 Å². The van der Waals surface area contributed by atoms with Gasteiger partial charge in [0.15, 0.2) is 0 Å². The van der Waals surface area contributed by atoms with Gasteiger partial charge in [-0.3, -0.25) is 19.1 Å². The summed E-state index contributed by atoms with van der Waals surface area (Å²) in [6.07, 6.45) is 0.903. The van der Waals surface area contributed by atoms with Crippen molar-refractivity contribution in [2.24, 2.45) is 7.05 Å². The minimum absolute atomic E-state index is 0.142. The lowest BCUT2D eigenvalue weighted by Gasteiger charge is -2.15. The second-order valence-electron chi connectivity index (χ2n) is 7.36. The summed E-state index contributed by atoms with van der Waals surface area (Å²) in [5.41, 5.74) is 4.79. The fraction of sp³-hybridized carbons (Fsp3) is 0.217. The zero-order chi connectivity index (χ0) is 21.4. The van der Waals surface area contributed by atoms with Crippen LogP contribution in [0.3, 0.4) is 0 Å². The Morgan fingerprint density at radius 1 is 1.00 bits per heavy atom. The van der Waals surface area contributed by atoms with Crippen molar-refractivity contribution in [2.75, 3.05) is 10.2 Å². The highest BCUT2D eigenvalue weighted by Crippen LogP contribution is 2.29. The Hall–Kier alpha value is -3.74. The molecule has 0 saturated heterocycles. The Kier molecular flexibility index (Phi) is 4.95. The van der Waals surface area contributed by atoms with Crippen LogP contribution in [0, 0.1) is 13.8 Å². The average Bonchev–Trinajstić information content (AvgIpc) is 3.12. The summed E-state index contributed by atoms with van der Waals surface area (Å²) in [6, 6.07) is 13.5. The molecule has 3 amide bonds. The van der Waals surface area contributed by atoms with Crippen LogP contribution in [0.2, 0.25) is 0 Å². The fourth-order valence-corrected chi connectivity index (χ4v) is 3.79. The molecule has 3 aromatic rings. The number of nitrogens with zero attached hydrogens (tertiary/aromatic N) is 3. The van der Waals surface area contributed by atoms with Crippen LogP contribution >= 0.6 is 0 Å². The van der Waals surface area contributed by atoms with Gasteiger partial charge in [0.05, 0.1) is 22.5 Å². The Labute approximate surface area is 174 Å². The van der Waals surface area contributed by atoms with E-state index in [9.17, 15) is 14.4 Å². The molecule has 4 rings (SSSR count). The minimum Gasteiger partial charge on any atom is -0.326 e. The minimum atomic E-state index is -0.360. The normalized spacial score (nSPS) is 13.0. The number of benzene rings is 2. The van der Waals surface area contributed by atoms with Crippen molar-refractivity contribution in [2.45, 2.75) is 26.7 Å². The topological polar surface area (TPSA) is 84.3 Å². The van der Waals surface area contributed by atoms with Gasteiger partial charge in [-0.05, 0) is 56.2 Å². The number of hydrogen-bond donors (Lipinski definition) is 1. The summed E-state index contributed by atoms with van der Waals surface area (Å²) >= 11 is 0.